The molecule has 0 aliphatic rings. The highest BCUT2D eigenvalue weighted by Gasteiger charge is 2.21. The molecule has 0 unspecified atom stereocenters. The average Bonchev–Trinajstić information content (AvgIpc) is 2.89. The first-order chi connectivity index (χ1) is 15.0. The molecule has 7 heteroatoms. The van der Waals surface area contributed by atoms with Gasteiger partial charge in [0.05, 0.1) is 10.8 Å². The molecule has 0 aliphatic heterocycles. The third-order valence-corrected chi connectivity index (χ3v) is 6.33. The summed E-state index contributed by atoms with van der Waals surface area (Å²) in [4.78, 5) is 26.2. The predicted molar refractivity (Wildman–Crippen MR) is 120 cm³/mol. The van der Waals surface area contributed by atoms with E-state index < -0.39 is 21.2 Å². The van der Waals surface area contributed by atoms with E-state index in [2.05, 4.69) is 0 Å². The topological polar surface area (TPSA) is 82.4 Å². The first kappa shape index (κ1) is 19.0. The maximum absolute atomic E-state index is 13.2. The monoisotopic (exact) mass is 429 g/mol. The normalized spacial score (nSPS) is 11.7. The van der Waals surface area contributed by atoms with Crippen LogP contribution in [0.25, 0.3) is 32.3 Å². The van der Waals surface area contributed by atoms with Crippen LogP contribution in [-0.4, -0.2) is 13.1 Å². The average molecular weight is 429 g/mol. The van der Waals surface area contributed by atoms with Crippen LogP contribution in [0.3, 0.4) is 0 Å². The van der Waals surface area contributed by atoms with Crippen molar-refractivity contribution in [2.24, 2.45) is 0 Å². The van der Waals surface area contributed by atoms with Gasteiger partial charge in [-0.1, -0.05) is 71.5 Å². The van der Waals surface area contributed by atoms with Crippen molar-refractivity contribution in [3.05, 3.63) is 112 Å². The second-order valence-corrected chi connectivity index (χ2v) is 8.56. The van der Waals surface area contributed by atoms with Gasteiger partial charge >= 0.3 is 10.1 Å². The number of fused-ring (bicyclic) bond motifs is 4. The Labute approximate surface area is 176 Å². The molecule has 0 N–H and O–H groups in total. The summed E-state index contributed by atoms with van der Waals surface area (Å²) in [7, 11) is -4.45. The minimum Gasteiger partial charge on any atom is -0.277 e. The van der Waals surface area contributed by atoms with Crippen LogP contribution < -0.4 is 15.4 Å². The number of hydrogen-bond donors (Lipinski definition) is 0. The van der Waals surface area contributed by atoms with Gasteiger partial charge in [0.25, 0.3) is 11.1 Å². The molecule has 0 fully saturated rings. The van der Waals surface area contributed by atoms with Crippen molar-refractivity contribution in [2.75, 3.05) is 0 Å². The van der Waals surface area contributed by atoms with E-state index in [1.807, 2.05) is 12.1 Å². The molecular formula is C24H15NO5S. The Morgan fingerprint density at radius 2 is 1.06 bits per heavy atom. The maximum Gasteiger partial charge on any atom is 0.357 e. The number of benzene rings is 4. The Kier molecular flexibility index (Phi) is 4.34. The van der Waals surface area contributed by atoms with Crippen LogP contribution in [-0.2, 0) is 10.1 Å². The van der Waals surface area contributed by atoms with E-state index in [1.54, 1.807) is 54.6 Å². The van der Waals surface area contributed by atoms with Gasteiger partial charge in [-0.15, -0.1) is 0 Å². The molecule has 5 rings (SSSR count). The van der Waals surface area contributed by atoms with Gasteiger partial charge in [0.15, 0.2) is 0 Å². The van der Waals surface area contributed by atoms with E-state index >= 15 is 0 Å². The molecule has 5 aromatic rings. The molecule has 0 amide bonds. The summed E-state index contributed by atoms with van der Waals surface area (Å²) in [6, 6.07) is 25.0. The standard InChI is InChI=1S/C24H15NO5S/c26-23-21-11-5-3-9-19(21)20-10-4-6-12-22(20)24(27)25(23)30-31(28,29)18-14-13-16-7-1-2-8-17(16)15-18/h1-15H. The lowest BCUT2D eigenvalue weighted by Gasteiger charge is -2.07. The molecule has 4 aromatic carbocycles. The zero-order chi connectivity index (χ0) is 21.6. The van der Waals surface area contributed by atoms with Gasteiger partial charge in [0.2, 0.25) is 0 Å². The van der Waals surface area contributed by atoms with E-state index in [9.17, 15) is 18.0 Å². The molecule has 1 heterocycles. The van der Waals surface area contributed by atoms with Gasteiger partial charge in [0.1, 0.15) is 4.90 Å². The number of nitrogens with zero attached hydrogens (tertiary/aromatic N) is 1. The summed E-state index contributed by atoms with van der Waals surface area (Å²) in [5.74, 6) is 0. The summed E-state index contributed by atoms with van der Waals surface area (Å²) in [6.07, 6.45) is 0. The molecule has 0 spiro atoms. The Hall–Kier alpha value is -3.97. The molecule has 31 heavy (non-hydrogen) atoms. The zero-order valence-electron chi connectivity index (χ0n) is 16.1. The second-order valence-electron chi connectivity index (χ2n) is 7.03. The highest BCUT2D eigenvalue weighted by molar-refractivity contribution is 7.87. The van der Waals surface area contributed by atoms with Gasteiger partial charge in [-0.25, -0.2) is 0 Å². The molecule has 0 saturated carbocycles. The first-order valence-electron chi connectivity index (χ1n) is 9.46. The van der Waals surface area contributed by atoms with Crippen LogP contribution in [0.5, 0.6) is 0 Å². The zero-order valence-corrected chi connectivity index (χ0v) is 16.9. The molecule has 0 radical (unpaired) electrons. The minimum atomic E-state index is -4.45. The van der Waals surface area contributed by atoms with Crippen LogP contribution in [0.1, 0.15) is 0 Å². The highest BCUT2D eigenvalue weighted by Crippen LogP contribution is 2.21. The summed E-state index contributed by atoms with van der Waals surface area (Å²) >= 11 is 0. The number of aromatic nitrogens is 1. The Morgan fingerprint density at radius 3 is 1.65 bits per heavy atom. The van der Waals surface area contributed by atoms with Crippen LogP contribution in [0, 0.1) is 0 Å². The highest BCUT2D eigenvalue weighted by atomic mass is 32.2. The van der Waals surface area contributed by atoms with E-state index in [-0.39, 0.29) is 15.7 Å². The Bertz CT molecular complexity index is 1650. The van der Waals surface area contributed by atoms with Crippen LogP contribution in [0.2, 0.25) is 0 Å². The number of hydrogen-bond acceptors (Lipinski definition) is 5. The third-order valence-electron chi connectivity index (χ3n) is 5.16. The molecule has 1 aromatic heterocycles. The van der Waals surface area contributed by atoms with Gasteiger partial charge in [0, 0.05) is 0 Å². The molecule has 0 atom stereocenters. The lowest BCUT2D eigenvalue weighted by molar-refractivity contribution is 0.261. The van der Waals surface area contributed by atoms with Gasteiger partial charge in [-0.05, 0) is 45.8 Å². The summed E-state index contributed by atoms with van der Waals surface area (Å²) < 4.78 is 31.5. The van der Waals surface area contributed by atoms with Crippen molar-refractivity contribution in [1.82, 2.24) is 4.73 Å². The van der Waals surface area contributed by atoms with Gasteiger partial charge in [-0.3, -0.25) is 13.9 Å². The molecule has 0 saturated heterocycles. The summed E-state index contributed by atoms with van der Waals surface area (Å²) in [5.41, 5.74) is -1.69. The lowest BCUT2D eigenvalue weighted by Crippen LogP contribution is -2.38. The van der Waals surface area contributed by atoms with Crippen molar-refractivity contribution in [3.63, 3.8) is 0 Å². The van der Waals surface area contributed by atoms with Crippen molar-refractivity contribution in [1.29, 1.82) is 0 Å². The van der Waals surface area contributed by atoms with Crippen LogP contribution in [0.4, 0.5) is 0 Å². The Balaban J connectivity index is 1.78. The lowest BCUT2D eigenvalue weighted by atomic mass is 10.1. The quantitative estimate of drug-likeness (QED) is 0.439. The van der Waals surface area contributed by atoms with E-state index in [4.69, 9.17) is 4.28 Å². The smallest absolute Gasteiger partial charge is 0.277 e. The van der Waals surface area contributed by atoms with Crippen molar-refractivity contribution in [2.45, 2.75) is 4.90 Å². The van der Waals surface area contributed by atoms with E-state index in [1.165, 1.54) is 24.3 Å². The minimum absolute atomic E-state index is 0.155. The first-order valence-corrected chi connectivity index (χ1v) is 10.9. The van der Waals surface area contributed by atoms with Crippen LogP contribution >= 0.6 is 0 Å². The maximum atomic E-state index is 13.2. The largest absolute Gasteiger partial charge is 0.357 e. The second kappa shape index (κ2) is 7.07. The molecule has 0 bridgehead atoms. The van der Waals surface area contributed by atoms with Crippen molar-refractivity contribution < 1.29 is 12.7 Å². The fraction of sp³-hybridized carbons (Fsp3) is 0. The molecule has 152 valence electrons. The van der Waals surface area contributed by atoms with Crippen LogP contribution in [0.15, 0.2) is 105 Å². The summed E-state index contributed by atoms with van der Waals surface area (Å²) in [6.45, 7) is 0. The molecular weight excluding hydrogens is 414 g/mol. The fourth-order valence-corrected chi connectivity index (χ4v) is 4.58. The fourth-order valence-electron chi connectivity index (χ4n) is 3.65. The van der Waals surface area contributed by atoms with Crippen molar-refractivity contribution in [3.8, 4) is 0 Å². The van der Waals surface area contributed by atoms with Gasteiger partial charge < -0.3 is 0 Å². The third kappa shape index (κ3) is 3.15. The van der Waals surface area contributed by atoms with Crippen molar-refractivity contribution >= 4 is 42.4 Å². The van der Waals surface area contributed by atoms with E-state index in [0.29, 0.717) is 20.9 Å². The predicted octanol–water partition coefficient (Wildman–Crippen LogP) is 3.49. The molecule has 6 nitrogen and oxygen atoms in total. The SMILES string of the molecule is O=c1c2ccccc2c2ccccc2c(=O)n1OS(=O)(=O)c1ccc2ccccc2c1. The molecule has 0 aliphatic carbocycles. The number of rotatable bonds is 3. The van der Waals surface area contributed by atoms with E-state index in [0.717, 1.165) is 5.39 Å². The summed E-state index contributed by atoms with van der Waals surface area (Å²) in [5, 5.41) is 2.96. The van der Waals surface area contributed by atoms with Gasteiger partial charge in [-0.2, -0.15) is 8.42 Å². The Morgan fingerprint density at radius 1 is 0.581 bits per heavy atom.